The summed E-state index contributed by atoms with van der Waals surface area (Å²) < 4.78 is 35.0. The van der Waals surface area contributed by atoms with E-state index in [9.17, 15) is 40.5 Å². The lowest BCUT2D eigenvalue weighted by Crippen LogP contribution is -2.77. The fraction of sp³-hybridized carbons (Fsp3) is 0.432. The molecule has 11 atom stereocenters. The summed E-state index contributed by atoms with van der Waals surface area (Å²) in [6, 6.07) is 23.5. The van der Waals surface area contributed by atoms with Gasteiger partial charge >= 0.3 is 0 Å². The van der Waals surface area contributed by atoms with Crippen molar-refractivity contribution >= 4 is 29.5 Å². The van der Waals surface area contributed by atoms with E-state index in [0.717, 1.165) is 25.3 Å². The van der Waals surface area contributed by atoms with Gasteiger partial charge in [0, 0.05) is 35.4 Å². The number of aliphatic hydroxyl groups excluding tert-OH is 7. The Morgan fingerprint density at radius 2 is 1.10 bits per heavy atom. The predicted molar refractivity (Wildman–Crippen MR) is 218 cm³/mol. The van der Waals surface area contributed by atoms with E-state index in [1.807, 2.05) is 38.1 Å². The molecule has 14 nitrogen and oxygen atoms in total. The van der Waals surface area contributed by atoms with Crippen molar-refractivity contribution in [2.24, 2.45) is 0 Å². The first-order valence-electron chi connectivity index (χ1n) is 19.4. The Morgan fingerprint density at radius 3 is 1.53 bits per heavy atom. The molecule has 7 N–H and O–H groups in total. The second-order valence-corrected chi connectivity index (χ2v) is 15.6. The zero-order chi connectivity index (χ0) is 43.6. The molecular formula is C44H50Cl2O14. The first kappa shape index (κ1) is 45.8. The highest BCUT2D eigenvalue weighted by Crippen LogP contribution is 2.48. The number of halogens is 2. The minimum Gasteiger partial charge on any atom is -0.494 e. The van der Waals surface area contributed by atoms with Gasteiger partial charge in [0.05, 0.1) is 13.2 Å². The van der Waals surface area contributed by atoms with Crippen LogP contribution in [0.3, 0.4) is 0 Å². The Hall–Kier alpha value is -3.71. The summed E-state index contributed by atoms with van der Waals surface area (Å²) in [5.74, 6) is -3.46. The standard InChI is InChI=1S/C44H50Cl2O14/c1-5-57-30-13-7-24(8-14-30)19-26-21-28(11-17-32(26)45)43(55-3)39(52)35(49)34(48)37(59-43)41(54)42(23-47)38(51)36(50)40(53)44(56-4,60-42)29-12-18-33(46)27(22-29)20-25-9-15-31(16-10-25)58-6-2/h7-18,21-23,34-41,48-54H,5-6,19-20H2,1-4H3/t34-,35-,36-,37?,38-,39+,40+,41?,42+,43-,44-/m0/s1. The van der Waals surface area contributed by atoms with E-state index in [1.54, 1.807) is 30.3 Å². The topological polar surface area (TPSA) is 214 Å². The molecule has 324 valence electrons. The van der Waals surface area contributed by atoms with Crippen LogP contribution in [0.5, 0.6) is 11.5 Å². The van der Waals surface area contributed by atoms with Crippen molar-refractivity contribution in [2.45, 2.75) is 92.7 Å². The van der Waals surface area contributed by atoms with Crippen LogP contribution in [0.2, 0.25) is 10.0 Å². The first-order chi connectivity index (χ1) is 28.6. The molecule has 60 heavy (non-hydrogen) atoms. The summed E-state index contributed by atoms with van der Waals surface area (Å²) >= 11 is 13.2. The highest BCUT2D eigenvalue weighted by molar-refractivity contribution is 6.31. The molecule has 2 unspecified atom stereocenters. The Labute approximate surface area is 357 Å². The summed E-state index contributed by atoms with van der Waals surface area (Å²) in [6.45, 7) is 4.73. The Kier molecular flexibility index (Phi) is 14.3. The van der Waals surface area contributed by atoms with Crippen molar-refractivity contribution in [3.63, 3.8) is 0 Å². The summed E-state index contributed by atoms with van der Waals surface area (Å²) in [5, 5.41) is 81.6. The number of hydrogen-bond donors (Lipinski definition) is 7. The van der Waals surface area contributed by atoms with Gasteiger partial charge in [0.1, 0.15) is 60.3 Å². The van der Waals surface area contributed by atoms with Gasteiger partial charge in [0.25, 0.3) is 0 Å². The molecule has 6 rings (SSSR count). The molecule has 4 aromatic carbocycles. The van der Waals surface area contributed by atoms with E-state index in [1.165, 1.54) is 30.3 Å². The van der Waals surface area contributed by atoms with Gasteiger partial charge in [-0.2, -0.15) is 0 Å². The maximum atomic E-state index is 13.3. The molecule has 0 amide bonds. The molecule has 0 bridgehead atoms. The third-order valence-electron chi connectivity index (χ3n) is 11.3. The van der Waals surface area contributed by atoms with Gasteiger partial charge in [0.15, 0.2) is 11.9 Å². The molecule has 0 aromatic heterocycles. The second-order valence-electron chi connectivity index (χ2n) is 14.8. The van der Waals surface area contributed by atoms with Crippen LogP contribution < -0.4 is 9.47 Å². The van der Waals surface area contributed by atoms with Gasteiger partial charge in [-0.15, -0.1) is 0 Å². The second kappa shape index (κ2) is 18.7. The van der Waals surface area contributed by atoms with Crippen molar-refractivity contribution < 1.29 is 69.0 Å². The predicted octanol–water partition coefficient (Wildman–Crippen LogP) is 3.16. The van der Waals surface area contributed by atoms with Gasteiger partial charge in [0.2, 0.25) is 11.6 Å². The van der Waals surface area contributed by atoms with E-state index >= 15 is 0 Å². The molecule has 0 aliphatic carbocycles. The molecule has 0 saturated carbocycles. The molecular weight excluding hydrogens is 823 g/mol. The Bertz CT molecular complexity index is 2090. The van der Waals surface area contributed by atoms with E-state index in [0.29, 0.717) is 52.3 Å². The van der Waals surface area contributed by atoms with Crippen molar-refractivity contribution in [1.29, 1.82) is 0 Å². The number of carbonyl (C=O) groups is 1. The molecule has 2 saturated heterocycles. The SMILES string of the molecule is CCOc1ccc(Cc2cc([C@]3(OC)O[C@@](C=O)(C(O)C4O[C@@](OC)(c5ccc(Cl)c(Cc6ccc(OCC)cc6)c5)[C@H](O)[C@@H](O)[C@@H]4O)[C@@H](O)[C@H](O)[C@H]3O)ccc2Cl)cc1. The van der Waals surface area contributed by atoms with Crippen molar-refractivity contribution in [3.8, 4) is 11.5 Å². The van der Waals surface area contributed by atoms with Crippen LogP contribution in [-0.4, -0.2) is 124 Å². The van der Waals surface area contributed by atoms with Crippen molar-refractivity contribution in [3.05, 3.63) is 128 Å². The quantitative estimate of drug-likeness (QED) is 0.0856. The smallest absolute Gasteiger partial charge is 0.225 e. The molecule has 2 fully saturated rings. The average molecular weight is 874 g/mol. The maximum Gasteiger partial charge on any atom is 0.225 e. The van der Waals surface area contributed by atoms with Crippen molar-refractivity contribution in [1.82, 2.24) is 0 Å². The fourth-order valence-corrected chi connectivity index (χ4v) is 8.34. The third-order valence-corrected chi connectivity index (χ3v) is 12.0. The number of ether oxygens (including phenoxy) is 6. The van der Waals surface area contributed by atoms with Gasteiger partial charge in [-0.05, 0) is 97.5 Å². The van der Waals surface area contributed by atoms with Crippen LogP contribution >= 0.6 is 23.2 Å². The number of aldehydes is 1. The first-order valence-corrected chi connectivity index (χ1v) is 20.1. The summed E-state index contributed by atoms with van der Waals surface area (Å²) in [4.78, 5) is 13.3. The van der Waals surface area contributed by atoms with Gasteiger partial charge in [-0.3, -0.25) is 4.79 Å². The summed E-state index contributed by atoms with van der Waals surface area (Å²) in [5.41, 5.74) is -0.0843. The van der Waals surface area contributed by atoms with Gasteiger partial charge in [-0.1, -0.05) is 59.6 Å². The van der Waals surface area contributed by atoms with Crippen LogP contribution in [-0.2, 0) is 48.2 Å². The van der Waals surface area contributed by atoms with E-state index < -0.39 is 66.0 Å². The molecule has 2 aliphatic rings. The molecule has 0 spiro atoms. The largest absolute Gasteiger partial charge is 0.494 e. The number of rotatable bonds is 15. The Morgan fingerprint density at radius 1 is 0.650 bits per heavy atom. The zero-order valence-corrected chi connectivity index (χ0v) is 34.9. The molecule has 2 heterocycles. The number of methoxy groups -OCH3 is 2. The third kappa shape index (κ3) is 8.30. The molecule has 4 aromatic rings. The normalized spacial score (nSPS) is 31.1. The van der Waals surface area contributed by atoms with Crippen molar-refractivity contribution in [2.75, 3.05) is 27.4 Å². The number of hydrogen-bond acceptors (Lipinski definition) is 14. The highest BCUT2D eigenvalue weighted by Gasteiger charge is 2.68. The highest BCUT2D eigenvalue weighted by atomic mass is 35.5. The number of benzene rings is 4. The fourth-order valence-electron chi connectivity index (χ4n) is 7.97. The number of carbonyl (C=O) groups excluding carboxylic acids is 1. The van der Waals surface area contributed by atoms with Crippen LogP contribution in [0.1, 0.15) is 47.2 Å². The lowest BCUT2D eigenvalue weighted by Gasteiger charge is -2.56. The molecule has 2 aliphatic heterocycles. The average Bonchev–Trinajstić information content (AvgIpc) is 3.26. The Balaban J connectivity index is 1.36. The van der Waals surface area contributed by atoms with Crippen LogP contribution in [0.4, 0.5) is 0 Å². The van der Waals surface area contributed by atoms with E-state index in [-0.39, 0.29) is 23.8 Å². The zero-order valence-electron chi connectivity index (χ0n) is 33.4. The van der Waals surface area contributed by atoms with Gasteiger partial charge in [-0.25, -0.2) is 0 Å². The monoisotopic (exact) mass is 872 g/mol. The lowest BCUT2D eigenvalue weighted by atomic mass is 9.75. The summed E-state index contributed by atoms with van der Waals surface area (Å²) in [7, 11) is 2.27. The van der Waals surface area contributed by atoms with Crippen LogP contribution in [0.15, 0.2) is 84.9 Å². The minimum absolute atomic E-state index is 0.0127. The molecule has 0 radical (unpaired) electrons. The summed E-state index contributed by atoms with van der Waals surface area (Å²) in [6.07, 6.45) is -16.9. The lowest BCUT2D eigenvalue weighted by molar-refractivity contribution is -0.416. The van der Waals surface area contributed by atoms with E-state index in [2.05, 4.69) is 0 Å². The van der Waals surface area contributed by atoms with Gasteiger partial charge < -0.3 is 64.2 Å². The van der Waals surface area contributed by atoms with Crippen LogP contribution in [0.25, 0.3) is 0 Å². The van der Waals surface area contributed by atoms with E-state index in [4.69, 9.17) is 51.6 Å². The maximum absolute atomic E-state index is 13.3. The minimum atomic E-state index is -2.95. The van der Waals surface area contributed by atoms with Crippen LogP contribution in [0, 0.1) is 0 Å². The molecule has 16 heteroatoms. The number of aliphatic hydroxyl groups is 7.